The molecule has 9 heteroatoms. The van der Waals surface area contributed by atoms with E-state index in [-0.39, 0.29) is 17.2 Å². The lowest BCUT2D eigenvalue weighted by Crippen LogP contribution is -1.74. The van der Waals surface area contributed by atoms with Crippen LogP contribution in [0.5, 0.6) is 17.2 Å². The molecule has 134 valence electrons. The normalized spacial score (nSPS) is 7.88. The number of rotatable bonds is 2. The third-order valence-corrected chi connectivity index (χ3v) is 2.29. The summed E-state index contributed by atoms with van der Waals surface area (Å²) in [5.41, 5.74) is 1.63. The van der Waals surface area contributed by atoms with Crippen LogP contribution in [0.3, 0.4) is 0 Å². The zero-order valence-corrected chi connectivity index (χ0v) is 13.2. The molecule has 2 rings (SSSR count). The predicted octanol–water partition coefficient (Wildman–Crippen LogP) is 2.49. The van der Waals surface area contributed by atoms with Gasteiger partial charge in [-0.05, 0) is 35.4 Å². The molecule has 6 N–H and O–H groups in total. The van der Waals surface area contributed by atoms with E-state index in [0.29, 0.717) is 5.56 Å². The van der Waals surface area contributed by atoms with Gasteiger partial charge in [0.1, 0.15) is 17.2 Å². The van der Waals surface area contributed by atoms with Crippen molar-refractivity contribution in [2.45, 2.75) is 0 Å². The van der Waals surface area contributed by atoms with E-state index in [4.69, 9.17) is 36.2 Å². The Bertz CT molecular complexity index is 750. The topological polar surface area (TPSA) is 193 Å². The quantitative estimate of drug-likeness (QED) is 0.346. The SMILES string of the molecule is N#CO.N#CO.N#CO.Oc1ccc(/C=C\c2cc(O)cc(O)c2)cc1. The Morgan fingerprint density at radius 1 is 0.577 bits per heavy atom. The largest absolute Gasteiger partial charge is 0.508 e. The van der Waals surface area contributed by atoms with E-state index >= 15 is 0 Å². The summed E-state index contributed by atoms with van der Waals surface area (Å²) >= 11 is 0. The highest BCUT2D eigenvalue weighted by Gasteiger charge is 1.95. The van der Waals surface area contributed by atoms with Crippen molar-refractivity contribution in [3.05, 3.63) is 53.6 Å². The van der Waals surface area contributed by atoms with Crippen LogP contribution in [0.4, 0.5) is 0 Å². The Morgan fingerprint density at radius 2 is 0.923 bits per heavy atom. The maximum absolute atomic E-state index is 9.30. The Kier molecular flexibility index (Phi) is 14.0. The smallest absolute Gasteiger partial charge is 0.283 e. The molecular formula is C17H15N3O6. The second-order valence-corrected chi connectivity index (χ2v) is 4.01. The highest BCUT2D eigenvalue weighted by Crippen LogP contribution is 2.22. The van der Waals surface area contributed by atoms with Crippen molar-refractivity contribution < 1.29 is 30.6 Å². The molecule has 26 heavy (non-hydrogen) atoms. The molecule has 0 aliphatic rings. The summed E-state index contributed by atoms with van der Waals surface area (Å²) in [5.74, 6) is 0.267. The molecule has 0 heterocycles. The first-order valence-electron chi connectivity index (χ1n) is 6.48. The van der Waals surface area contributed by atoms with Gasteiger partial charge in [0.15, 0.2) is 0 Å². The fourth-order valence-electron chi connectivity index (χ4n) is 1.49. The van der Waals surface area contributed by atoms with Crippen LogP contribution in [0.2, 0.25) is 0 Å². The Hall–Kier alpha value is -4.55. The number of phenols is 3. The van der Waals surface area contributed by atoms with Gasteiger partial charge in [-0.3, -0.25) is 0 Å². The average Bonchev–Trinajstić information content (AvgIpc) is 2.56. The molecule has 9 nitrogen and oxygen atoms in total. The minimum atomic E-state index is 0.0235. The van der Waals surface area contributed by atoms with Crippen molar-refractivity contribution in [3.63, 3.8) is 0 Å². The summed E-state index contributed by atoms with van der Waals surface area (Å²) in [6.45, 7) is 0. The minimum absolute atomic E-state index is 0.0235. The highest BCUT2D eigenvalue weighted by atomic mass is 16.3. The van der Waals surface area contributed by atoms with E-state index in [1.54, 1.807) is 42.5 Å². The Balaban J connectivity index is 0. The second-order valence-electron chi connectivity index (χ2n) is 4.01. The molecule has 2 aromatic carbocycles. The number of aliphatic hydroxyl groups is 3. The van der Waals surface area contributed by atoms with E-state index in [1.165, 1.54) is 6.07 Å². The van der Waals surface area contributed by atoms with Gasteiger partial charge in [0.2, 0.25) is 0 Å². The molecule has 0 unspecified atom stereocenters. The Morgan fingerprint density at radius 3 is 1.31 bits per heavy atom. The summed E-state index contributed by atoms with van der Waals surface area (Å²) in [5, 5.41) is 69.0. The summed E-state index contributed by atoms with van der Waals surface area (Å²) in [6.07, 6.45) is 5.85. The van der Waals surface area contributed by atoms with Gasteiger partial charge in [-0.2, -0.15) is 15.8 Å². The Labute approximate surface area is 149 Å². The maximum atomic E-state index is 9.30. The van der Waals surface area contributed by atoms with Crippen LogP contribution in [-0.4, -0.2) is 30.6 Å². The third-order valence-electron chi connectivity index (χ3n) is 2.29. The maximum Gasteiger partial charge on any atom is 0.283 e. The number of nitriles is 3. The number of phenolic OH excluding ortho intramolecular Hbond substituents is 3. The molecule has 0 aliphatic carbocycles. The molecule has 2 aromatic rings. The molecule has 0 aromatic heterocycles. The number of hydrogen-bond donors (Lipinski definition) is 6. The van der Waals surface area contributed by atoms with Crippen LogP contribution in [0.15, 0.2) is 42.5 Å². The molecular weight excluding hydrogens is 342 g/mol. The van der Waals surface area contributed by atoms with Gasteiger partial charge < -0.3 is 30.6 Å². The average molecular weight is 357 g/mol. The zero-order chi connectivity index (χ0) is 20.4. The van der Waals surface area contributed by atoms with E-state index in [0.717, 1.165) is 24.3 Å². The fourth-order valence-corrected chi connectivity index (χ4v) is 1.49. The van der Waals surface area contributed by atoms with Crippen LogP contribution in [-0.2, 0) is 0 Å². The molecule has 0 atom stereocenters. The molecule has 0 bridgehead atoms. The lowest BCUT2D eigenvalue weighted by atomic mass is 10.1. The molecule has 0 amide bonds. The number of aromatic hydroxyl groups is 3. The van der Waals surface area contributed by atoms with E-state index in [9.17, 15) is 10.2 Å². The lowest BCUT2D eigenvalue weighted by Gasteiger charge is -1.98. The van der Waals surface area contributed by atoms with E-state index in [2.05, 4.69) is 0 Å². The van der Waals surface area contributed by atoms with Gasteiger partial charge >= 0.3 is 0 Å². The van der Waals surface area contributed by atoms with Gasteiger partial charge in [0, 0.05) is 6.07 Å². The van der Waals surface area contributed by atoms with Crippen molar-refractivity contribution in [1.82, 2.24) is 0 Å². The van der Waals surface area contributed by atoms with Crippen molar-refractivity contribution in [1.29, 1.82) is 15.8 Å². The fraction of sp³-hybridized carbons (Fsp3) is 0. The predicted molar refractivity (Wildman–Crippen MR) is 89.5 cm³/mol. The molecule has 0 aliphatic heterocycles. The van der Waals surface area contributed by atoms with Crippen molar-refractivity contribution in [3.8, 4) is 36.0 Å². The van der Waals surface area contributed by atoms with Gasteiger partial charge in [-0.25, -0.2) is 0 Å². The standard InChI is InChI=1S/C14H12O3.3CHNO/c15-12-5-3-10(4-6-12)1-2-11-7-13(16)9-14(17)8-11;3*2-1-3/h1-9,15-17H;3*3H/b2-1-;;;. The molecule has 0 radical (unpaired) electrons. The summed E-state index contributed by atoms with van der Waals surface area (Å²) in [7, 11) is 0. The summed E-state index contributed by atoms with van der Waals surface area (Å²) in [6, 6.07) is 11.1. The third kappa shape index (κ3) is 13.1. The number of hydrogen-bond acceptors (Lipinski definition) is 9. The van der Waals surface area contributed by atoms with Gasteiger partial charge in [-0.15, -0.1) is 0 Å². The number of aliphatic hydroxyl groups excluding tert-OH is 3. The minimum Gasteiger partial charge on any atom is -0.508 e. The second kappa shape index (κ2) is 15.3. The first-order chi connectivity index (χ1) is 12.4. The van der Waals surface area contributed by atoms with Crippen molar-refractivity contribution >= 4 is 12.2 Å². The molecule has 0 saturated heterocycles. The zero-order valence-electron chi connectivity index (χ0n) is 13.2. The summed E-state index contributed by atoms with van der Waals surface area (Å²) < 4.78 is 0. The van der Waals surface area contributed by atoms with E-state index < -0.39 is 0 Å². The first-order valence-corrected chi connectivity index (χ1v) is 6.48. The summed E-state index contributed by atoms with van der Waals surface area (Å²) in [4.78, 5) is 0. The van der Waals surface area contributed by atoms with Crippen LogP contribution < -0.4 is 0 Å². The first kappa shape index (κ1) is 23.7. The van der Waals surface area contributed by atoms with Crippen LogP contribution in [0.1, 0.15) is 11.1 Å². The lowest BCUT2D eigenvalue weighted by molar-refractivity contribution is 0.450. The molecule has 0 saturated carbocycles. The van der Waals surface area contributed by atoms with Crippen molar-refractivity contribution in [2.75, 3.05) is 0 Å². The molecule has 0 spiro atoms. The van der Waals surface area contributed by atoms with Gasteiger partial charge in [0.05, 0.1) is 0 Å². The van der Waals surface area contributed by atoms with Crippen LogP contribution in [0, 0.1) is 34.6 Å². The number of benzene rings is 2. The van der Waals surface area contributed by atoms with Gasteiger partial charge in [0.25, 0.3) is 18.8 Å². The number of nitrogens with zero attached hydrogens (tertiary/aromatic N) is 3. The van der Waals surface area contributed by atoms with Crippen LogP contribution in [0.25, 0.3) is 12.2 Å². The van der Waals surface area contributed by atoms with E-state index in [1.807, 2.05) is 6.08 Å². The van der Waals surface area contributed by atoms with Crippen molar-refractivity contribution in [2.24, 2.45) is 0 Å². The highest BCUT2D eigenvalue weighted by molar-refractivity contribution is 5.71. The van der Waals surface area contributed by atoms with Crippen LogP contribution >= 0.6 is 0 Å². The van der Waals surface area contributed by atoms with Gasteiger partial charge in [-0.1, -0.05) is 24.3 Å². The monoisotopic (exact) mass is 357 g/mol. The molecule has 0 fully saturated rings.